The lowest BCUT2D eigenvalue weighted by Crippen LogP contribution is -2.38. The fraction of sp³-hybridized carbons (Fsp3) is 0.304. The monoisotopic (exact) mass is 460 g/mol. The second kappa shape index (κ2) is 9.48. The van der Waals surface area contributed by atoms with Crippen LogP contribution in [0.1, 0.15) is 29.1 Å². The lowest BCUT2D eigenvalue weighted by molar-refractivity contribution is 0.0898. The molecule has 3 aromatic rings. The summed E-state index contributed by atoms with van der Waals surface area (Å²) in [7, 11) is 1.70. The molecule has 1 aliphatic carbocycles. The highest BCUT2D eigenvalue weighted by Gasteiger charge is 2.30. The van der Waals surface area contributed by atoms with Crippen LogP contribution in [0.4, 0.5) is 0 Å². The van der Waals surface area contributed by atoms with Crippen LogP contribution in [0.25, 0.3) is 21.7 Å². The molecule has 0 radical (unpaired) electrons. The first-order valence-electron chi connectivity index (χ1n) is 9.87. The Balaban J connectivity index is 1.67. The third-order valence-electron chi connectivity index (χ3n) is 5.40. The predicted molar refractivity (Wildman–Crippen MR) is 123 cm³/mol. The van der Waals surface area contributed by atoms with Crippen LogP contribution >= 0.6 is 34.5 Å². The van der Waals surface area contributed by atoms with E-state index in [-0.39, 0.29) is 11.9 Å². The predicted octanol–water partition coefficient (Wildman–Crippen LogP) is 6.33. The van der Waals surface area contributed by atoms with Gasteiger partial charge in [0.05, 0.1) is 17.2 Å². The molecule has 0 bridgehead atoms. The van der Waals surface area contributed by atoms with Gasteiger partial charge < -0.3 is 10.1 Å². The van der Waals surface area contributed by atoms with Crippen molar-refractivity contribution in [1.29, 1.82) is 0 Å². The van der Waals surface area contributed by atoms with E-state index in [2.05, 4.69) is 5.32 Å². The molecule has 2 aromatic carbocycles. The second-order valence-electron chi connectivity index (χ2n) is 7.44. The van der Waals surface area contributed by atoms with E-state index in [0.29, 0.717) is 27.6 Å². The number of carbonyl (C=O) groups excluding carboxylic acids is 1. The minimum Gasteiger partial charge on any atom is -0.384 e. The van der Waals surface area contributed by atoms with E-state index in [1.54, 1.807) is 7.11 Å². The molecule has 1 heterocycles. The van der Waals surface area contributed by atoms with Gasteiger partial charge in [0.1, 0.15) is 0 Å². The van der Waals surface area contributed by atoms with Crippen molar-refractivity contribution in [2.75, 3.05) is 13.7 Å². The molecule has 1 N–H and O–H groups in total. The van der Waals surface area contributed by atoms with Crippen molar-refractivity contribution >= 4 is 40.4 Å². The molecule has 156 valence electrons. The van der Waals surface area contributed by atoms with Crippen molar-refractivity contribution in [3.8, 4) is 21.7 Å². The quantitative estimate of drug-likeness (QED) is 0.467. The number of thiazole rings is 1. The maximum Gasteiger partial charge on any atom is 0.280 e. The van der Waals surface area contributed by atoms with Gasteiger partial charge in [-0.25, -0.2) is 4.98 Å². The largest absolute Gasteiger partial charge is 0.384 e. The Hall–Kier alpha value is -1.92. The molecule has 2 atom stereocenters. The van der Waals surface area contributed by atoms with Gasteiger partial charge in [-0.15, -0.1) is 11.3 Å². The Kier molecular flexibility index (Phi) is 6.74. The van der Waals surface area contributed by atoms with Crippen LogP contribution in [0, 0.1) is 5.92 Å². The maximum atomic E-state index is 13.0. The summed E-state index contributed by atoms with van der Waals surface area (Å²) >= 11 is 13.5. The van der Waals surface area contributed by atoms with E-state index in [4.69, 9.17) is 32.9 Å². The number of hydrogen-bond acceptors (Lipinski definition) is 4. The molecule has 4 rings (SSSR count). The Bertz CT molecular complexity index is 956. The van der Waals surface area contributed by atoms with Crippen LogP contribution in [0.3, 0.4) is 0 Å². The first-order valence-corrected chi connectivity index (χ1v) is 11.4. The summed E-state index contributed by atoms with van der Waals surface area (Å²) in [5.41, 5.74) is 2.65. The van der Waals surface area contributed by atoms with Crippen molar-refractivity contribution in [2.24, 2.45) is 5.92 Å². The highest BCUT2D eigenvalue weighted by molar-refractivity contribution is 7.17. The van der Waals surface area contributed by atoms with Crippen LogP contribution in [-0.2, 0) is 4.74 Å². The van der Waals surface area contributed by atoms with Crippen LogP contribution in [0.2, 0.25) is 10.0 Å². The molecule has 0 spiro atoms. The zero-order chi connectivity index (χ0) is 21.1. The lowest BCUT2D eigenvalue weighted by Gasteiger charge is -2.19. The minimum absolute atomic E-state index is 0.124. The minimum atomic E-state index is -0.136. The van der Waals surface area contributed by atoms with Crippen molar-refractivity contribution in [3.63, 3.8) is 0 Å². The first-order chi connectivity index (χ1) is 14.5. The molecule has 1 amide bonds. The van der Waals surface area contributed by atoms with Crippen molar-refractivity contribution in [1.82, 2.24) is 10.3 Å². The van der Waals surface area contributed by atoms with Gasteiger partial charge in [-0.05, 0) is 42.7 Å². The number of benzene rings is 2. The fourth-order valence-electron chi connectivity index (χ4n) is 3.89. The highest BCUT2D eigenvalue weighted by atomic mass is 35.5. The fourth-order valence-corrected chi connectivity index (χ4v) is 5.14. The number of halogens is 2. The molecular formula is C23H22Cl2N2O2S. The van der Waals surface area contributed by atoms with Gasteiger partial charge in [-0.3, -0.25) is 4.79 Å². The molecule has 1 aliphatic rings. The average Bonchev–Trinajstić information content (AvgIpc) is 3.37. The molecule has 2 unspecified atom stereocenters. The van der Waals surface area contributed by atoms with E-state index >= 15 is 0 Å². The molecule has 7 heteroatoms. The highest BCUT2D eigenvalue weighted by Crippen LogP contribution is 2.38. The van der Waals surface area contributed by atoms with E-state index in [1.165, 1.54) is 11.3 Å². The normalized spacial score (nSPS) is 18.5. The summed E-state index contributed by atoms with van der Waals surface area (Å²) in [6.45, 7) is 0.662. The molecule has 1 fully saturated rings. The van der Waals surface area contributed by atoms with Gasteiger partial charge in [0.2, 0.25) is 0 Å². The number of aromatic nitrogens is 1. The molecule has 0 aliphatic heterocycles. The van der Waals surface area contributed by atoms with Gasteiger partial charge in [0, 0.05) is 34.7 Å². The van der Waals surface area contributed by atoms with Crippen molar-refractivity contribution in [2.45, 2.75) is 25.3 Å². The molecule has 30 heavy (non-hydrogen) atoms. The zero-order valence-electron chi connectivity index (χ0n) is 16.5. The van der Waals surface area contributed by atoms with Crippen LogP contribution < -0.4 is 5.32 Å². The third-order valence-corrected chi connectivity index (χ3v) is 7.01. The molecule has 1 saturated carbocycles. The summed E-state index contributed by atoms with van der Waals surface area (Å²) in [4.78, 5) is 18.7. The summed E-state index contributed by atoms with van der Waals surface area (Å²) in [6, 6.07) is 15.2. The Morgan fingerprint density at radius 2 is 1.70 bits per heavy atom. The topological polar surface area (TPSA) is 51.2 Å². The number of hydrogen-bond donors (Lipinski definition) is 1. The van der Waals surface area contributed by atoms with Crippen molar-refractivity contribution in [3.05, 3.63) is 63.6 Å². The zero-order valence-corrected chi connectivity index (χ0v) is 18.9. The Morgan fingerprint density at radius 1 is 1.07 bits per heavy atom. The van der Waals surface area contributed by atoms with E-state index in [9.17, 15) is 4.79 Å². The van der Waals surface area contributed by atoms with Crippen molar-refractivity contribution < 1.29 is 9.53 Å². The second-order valence-corrected chi connectivity index (χ2v) is 9.31. The van der Waals surface area contributed by atoms with Gasteiger partial charge in [-0.2, -0.15) is 0 Å². The first kappa shape index (κ1) is 21.3. The van der Waals surface area contributed by atoms with Gasteiger partial charge in [0.25, 0.3) is 5.91 Å². The number of methoxy groups -OCH3 is 1. The number of nitrogens with one attached hydrogen (secondary N) is 1. The molecule has 0 saturated heterocycles. The number of amides is 1. The summed E-state index contributed by atoms with van der Waals surface area (Å²) in [5, 5.41) is 4.95. The number of ether oxygens (including phenoxy) is 1. The number of nitrogens with zero attached hydrogens (tertiary/aromatic N) is 1. The van der Waals surface area contributed by atoms with Crippen LogP contribution in [0.5, 0.6) is 0 Å². The lowest BCUT2D eigenvalue weighted by atomic mass is 10.1. The number of rotatable bonds is 6. The Morgan fingerprint density at radius 3 is 2.33 bits per heavy atom. The Labute approximate surface area is 190 Å². The summed E-state index contributed by atoms with van der Waals surface area (Å²) in [5.74, 6) is 0.216. The van der Waals surface area contributed by atoms with Crippen LogP contribution in [0.15, 0.2) is 48.5 Å². The summed E-state index contributed by atoms with van der Waals surface area (Å²) < 4.78 is 5.32. The maximum absolute atomic E-state index is 13.0. The van der Waals surface area contributed by atoms with E-state index in [0.717, 1.165) is 41.0 Å². The van der Waals surface area contributed by atoms with Gasteiger partial charge in [0.15, 0.2) is 5.01 Å². The average molecular weight is 461 g/mol. The van der Waals surface area contributed by atoms with E-state index < -0.39 is 0 Å². The van der Waals surface area contributed by atoms with Crippen LogP contribution in [-0.4, -0.2) is 30.6 Å². The standard InChI is InChI=1S/C23H22Cl2N2O2S/c1-29-13-16-3-2-4-19(16)26-22(28)23-27-20(14-5-9-17(24)10-6-14)21(30-23)15-7-11-18(25)12-8-15/h5-12,16,19H,2-4,13H2,1H3,(H,26,28). The molecule has 4 nitrogen and oxygen atoms in total. The summed E-state index contributed by atoms with van der Waals surface area (Å²) in [6.07, 6.45) is 3.14. The number of carbonyl (C=O) groups is 1. The smallest absolute Gasteiger partial charge is 0.280 e. The molecule has 1 aromatic heterocycles. The van der Waals surface area contributed by atoms with Gasteiger partial charge in [-0.1, -0.05) is 53.9 Å². The molecular weight excluding hydrogens is 439 g/mol. The SMILES string of the molecule is COCC1CCCC1NC(=O)c1nc(-c2ccc(Cl)cc2)c(-c2ccc(Cl)cc2)s1. The third kappa shape index (κ3) is 4.70. The van der Waals surface area contributed by atoms with E-state index in [1.807, 2.05) is 48.5 Å². The van der Waals surface area contributed by atoms with Gasteiger partial charge >= 0.3 is 0 Å².